The van der Waals surface area contributed by atoms with E-state index in [0.717, 1.165) is 49.4 Å². The van der Waals surface area contributed by atoms with E-state index in [9.17, 15) is 4.79 Å². The number of hydrogen-bond acceptors (Lipinski definition) is 6. The smallest absolute Gasteiger partial charge is 0.342 e. The predicted octanol–water partition coefficient (Wildman–Crippen LogP) is 4.13. The maximum Gasteiger partial charge on any atom is 0.342 e. The number of aromatic nitrogens is 2. The Kier molecular flexibility index (Phi) is 6.57. The van der Waals surface area contributed by atoms with Gasteiger partial charge in [0.25, 0.3) is 0 Å². The van der Waals surface area contributed by atoms with Crippen molar-refractivity contribution < 1.29 is 9.53 Å². The average Bonchev–Trinajstić information content (AvgIpc) is 2.84. The second kappa shape index (κ2) is 9.71. The fourth-order valence-corrected chi connectivity index (χ4v) is 4.01. The third kappa shape index (κ3) is 4.44. The molecule has 0 bridgehead atoms. The summed E-state index contributed by atoms with van der Waals surface area (Å²) in [6.07, 6.45) is 0. The predicted molar refractivity (Wildman–Crippen MR) is 123 cm³/mol. The molecule has 4 rings (SSSR count). The van der Waals surface area contributed by atoms with Crippen LogP contribution in [0.3, 0.4) is 0 Å². The summed E-state index contributed by atoms with van der Waals surface area (Å²) >= 11 is 0. The van der Waals surface area contributed by atoms with Gasteiger partial charge in [0.15, 0.2) is 5.82 Å². The van der Waals surface area contributed by atoms with Crippen molar-refractivity contribution in [3.8, 4) is 22.4 Å². The minimum atomic E-state index is -0.360. The zero-order valence-electron chi connectivity index (χ0n) is 18.1. The van der Waals surface area contributed by atoms with Gasteiger partial charge in [0, 0.05) is 37.3 Å². The number of likely N-dealkylation sites (N-methyl/N-ethyl adjacent to an activating group) is 1. The van der Waals surface area contributed by atoms with Gasteiger partial charge in [-0.15, -0.1) is 10.2 Å². The Morgan fingerprint density at radius 3 is 2.06 bits per heavy atom. The summed E-state index contributed by atoms with van der Waals surface area (Å²) in [5, 5.41) is 9.21. The summed E-state index contributed by atoms with van der Waals surface area (Å²) in [5.74, 6) is 0.245. The van der Waals surface area contributed by atoms with Crippen LogP contribution in [-0.4, -0.2) is 60.4 Å². The summed E-state index contributed by atoms with van der Waals surface area (Å²) in [5.41, 5.74) is 3.79. The topological polar surface area (TPSA) is 58.6 Å². The van der Waals surface area contributed by atoms with E-state index >= 15 is 0 Å². The zero-order chi connectivity index (χ0) is 21.6. The number of benzene rings is 2. The normalized spacial score (nSPS) is 14.5. The van der Waals surface area contributed by atoms with Gasteiger partial charge in [0.05, 0.1) is 6.61 Å². The van der Waals surface area contributed by atoms with Gasteiger partial charge in [-0.05, 0) is 19.0 Å². The third-order valence-corrected chi connectivity index (χ3v) is 5.66. The summed E-state index contributed by atoms with van der Waals surface area (Å²) in [6, 6.07) is 19.8. The minimum absolute atomic E-state index is 0.305. The summed E-state index contributed by atoms with van der Waals surface area (Å²) in [4.78, 5) is 17.8. The molecule has 0 saturated carbocycles. The van der Waals surface area contributed by atoms with Gasteiger partial charge in [0.2, 0.25) is 0 Å². The highest BCUT2D eigenvalue weighted by Gasteiger charge is 2.29. The maximum absolute atomic E-state index is 13.3. The van der Waals surface area contributed by atoms with Crippen molar-refractivity contribution in [3.63, 3.8) is 0 Å². The molecule has 31 heavy (non-hydrogen) atoms. The first-order chi connectivity index (χ1) is 15.2. The van der Waals surface area contributed by atoms with Crippen molar-refractivity contribution >= 4 is 11.8 Å². The maximum atomic E-state index is 13.3. The first-order valence-corrected chi connectivity index (χ1v) is 10.9. The van der Waals surface area contributed by atoms with Crippen LogP contribution in [-0.2, 0) is 4.74 Å². The van der Waals surface area contributed by atoms with Gasteiger partial charge >= 0.3 is 5.97 Å². The molecular formula is C25H28N4O2. The molecule has 6 nitrogen and oxygen atoms in total. The van der Waals surface area contributed by atoms with Crippen LogP contribution >= 0.6 is 0 Å². The van der Waals surface area contributed by atoms with Crippen molar-refractivity contribution in [1.29, 1.82) is 0 Å². The van der Waals surface area contributed by atoms with E-state index in [1.165, 1.54) is 0 Å². The quantitative estimate of drug-likeness (QED) is 0.563. The van der Waals surface area contributed by atoms with Gasteiger partial charge in [-0.3, -0.25) is 0 Å². The van der Waals surface area contributed by atoms with E-state index in [2.05, 4.69) is 26.9 Å². The molecule has 1 aromatic heterocycles. The van der Waals surface area contributed by atoms with Crippen LogP contribution in [0.5, 0.6) is 0 Å². The van der Waals surface area contributed by atoms with E-state index in [0.29, 0.717) is 23.7 Å². The van der Waals surface area contributed by atoms with E-state index < -0.39 is 0 Å². The SMILES string of the molecule is CCOC(=O)c1c(N2CCN(CC)CC2)nnc(-c2ccccc2)c1-c1ccccc1. The number of hydrogen-bond donors (Lipinski definition) is 0. The molecule has 0 radical (unpaired) electrons. The van der Waals surface area contributed by atoms with Crippen molar-refractivity contribution in [2.24, 2.45) is 0 Å². The highest BCUT2D eigenvalue weighted by Crippen LogP contribution is 2.37. The van der Waals surface area contributed by atoms with E-state index in [4.69, 9.17) is 4.74 Å². The second-order valence-electron chi connectivity index (χ2n) is 7.50. The molecule has 6 heteroatoms. The Balaban J connectivity index is 1.92. The number of carbonyl (C=O) groups excluding carboxylic acids is 1. The lowest BCUT2D eigenvalue weighted by molar-refractivity contribution is 0.0527. The van der Waals surface area contributed by atoms with Crippen molar-refractivity contribution in [1.82, 2.24) is 15.1 Å². The Labute approximate surface area is 183 Å². The molecule has 0 aliphatic carbocycles. The van der Waals surface area contributed by atoms with Crippen LogP contribution in [0.2, 0.25) is 0 Å². The first-order valence-electron chi connectivity index (χ1n) is 10.9. The average molecular weight is 417 g/mol. The van der Waals surface area contributed by atoms with Gasteiger partial charge in [0.1, 0.15) is 11.3 Å². The highest BCUT2D eigenvalue weighted by atomic mass is 16.5. The molecule has 160 valence electrons. The number of anilines is 1. The number of esters is 1. The Hall–Kier alpha value is -3.25. The molecule has 0 amide bonds. The Morgan fingerprint density at radius 1 is 0.871 bits per heavy atom. The van der Waals surface area contributed by atoms with Crippen LogP contribution < -0.4 is 4.90 Å². The summed E-state index contributed by atoms with van der Waals surface area (Å²) in [7, 11) is 0. The number of carbonyl (C=O) groups is 1. The molecule has 1 fully saturated rings. The molecule has 2 aromatic carbocycles. The fraction of sp³-hybridized carbons (Fsp3) is 0.320. The van der Waals surface area contributed by atoms with Crippen LogP contribution in [0.15, 0.2) is 60.7 Å². The molecule has 1 aliphatic rings. The molecule has 3 aromatic rings. The minimum Gasteiger partial charge on any atom is -0.462 e. The standard InChI is InChI=1S/C25H28N4O2/c1-3-28-15-17-29(18-16-28)24-22(25(30)31-4-2)21(19-11-7-5-8-12-19)23(26-27-24)20-13-9-6-10-14-20/h5-14H,3-4,15-18H2,1-2H3. The van der Waals surface area contributed by atoms with Crippen molar-refractivity contribution in [2.45, 2.75) is 13.8 Å². The van der Waals surface area contributed by atoms with E-state index in [1.54, 1.807) is 0 Å². The third-order valence-electron chi connectivity index (χ3n) is 5.66. The second-order valence-corrected chi connectivity index (χ2v) is 7.50. The van der Waals surface area contributed by atoms with Crippen molar-refractivity contribution in [2.75, 3.05) is 44.2 Å². The molecule has 0 atom stereocenters. The van der Waals surface area contributed by atoms with Gasteiger partial charge < -0.3 is 14.5 Å². The summed E-state index contributed by atoms with van der Waals surface area (Å²) in [6.45, 7) is 8.78. The number of ether oxygens (including phenoxy) is 1. The first kappa shape index (κ1) is 21.0. The van der Waals surface area contributed by atoms with Crippen LogP contribution in [0, 0.1) is 0 Å². The zero-order valence-corrected chi connectivity index (χ0v) is 18.1. The highest BCUT2D eigenvalue weighted by molar-refractivity contribution is 6.05. The van der Waals surface area contributed by atoms with Crippen LogP contribution in [0.4, 0.5) is 5.82 Å². The van der Waals surface area contributed by atoms with Crippen LogP contribution in [0.1, 0.15) is 24.2 Å². The molecule has 2 heterocycles. The monoisotopic (exact) mass is 416 g/mol. The fourth-order valence-electron chi connectivity index (χ4n) is 4.01. The van der Waals surface area contributed by atoms with E-state index in [1.807, 2.05) is 67.6 Å². The van der Waals surface area contributed by atoms with Gasteiger partial charge in [-0.25, -0.2) is 4.79 Å². The number of nitrogens with zero attached hydrogens (tertiary/aromatic N) is 4. The number of rotatable bonds is 6. The van der Waals surface area contributed by atoms with Crippen LogP contribution in [0.25, 0.3) is 22.4 Å². The van der Waals surface area contributed by atoms with Crippen molar-refractivity contribution in [3.05, 3.63) is 66.2 Å². The lowest BCUT2D eigenvalue weighted by atomic mass is 9.94. The molecule has 1 saturated heterocycles. The lowest BCUT2D eigenvalue weighted by Gasteiger charge is -2.35. The van der Waals surface area contributed by atoms with Gasteiger partial charge in [-0.2, -0.15) is 0 Å². The van der Waals surface area contributed by atoms with E-state index in [-0.39, 0.29) is 5.97 Å². The molecule has 1 aliphatic heterocycles. The molecule has 0 unspecified atom stereocenters. The molecule has 0 N–H and O–H groups in total. The largest absolute Gasteiger partial charge is 0.462 e. The lowest BCUT2D eigenvalue weighted by Crippen LogP contribution is -2.47. The molecule has 0 spiro atoms. The Morgan fingerprint density at radius 2 is 1.48 bits per heavy atom. The van der Waals surface area contributed by atoms with Gasteiger partial charge in [-0.1, -0.05) is 67.6 Å². The number of piperazine rings is 1. The molecular weight excluding hydrogens is 388 g/mol. The summed E-state index contributed by atoms with van der Waals surface area (Å²) < 4.78 is 5.51. The Bertz CT molecular complexity index is 1020.